The molecule has 11 heteroatoms. The minimum absolute atomic E-state index is 0.0791. The van der Waals surface area contributed by atoms with Crippen LogP contribution < -0.4 is 0 Å². The average molecular weight is 489 g/mol. The zero-order chi connectivity index (χ0) is 24.8. The van der Waals surface area contributed by atoms with Crippen molar-refractivity contribution in [3.8, 4) is 22.8 Å². The first kappa shape index (κ1) is 21.1. The number of carbonyl (C=O) groups is 1. The quantitative estimate of drug-likeness (QED) is 0.345. The summed E-state index contributed by atoms with van der Waals surface area (Å²) in [6, 6.07) is 23.2. The second-order valence-corrected chi connectivity index (χ2v) is 8.89. The van der Waals surface area contributed by atoms with E-state index in [4.69, 9.17) is 0 Å². The minimum Gasteiger partial charge on any atom is -0.356 e. The summed E-state index contributed by atoms with van der Waals surface area (Å²) in [5.74, 6) is 0.861. The molecule has 1 aliphatic heterocycles. The van der Waals surface area contributed by atoms with Crippen LogP contribution in [0, 0.1) is 0 Å². The summed E-state index contributed by atoms with van der Waals surface area (Å²) in [5.41, 5.74) is 6.36. The summed E-state index contributed by atoms with van der Waals surface area (Å²) in [5, 5.41) is 29.9. The molecule has 37 heavy (non-hydrogen) atoms. The van der Waals surface area contributed by atoms with Crippen molar-refractivity contribution in [3.05, 3.63) is 95.2 Å². The number of aromatic amines is 3. The van der Waals surface area contributed by atoms with Gasteiger partial charge in [0.2, 0.25) is 11.6 Å². The molecule has 1 aliphatic rings. The topological polar surface area (TPSA) is 145 Å². The lowest BCUT2D eigenvalue weighted by molar-refractivity contribution is 0.0692. The molecule has 0 aliphatic carbocycles. The molecule has 0 radical (unpaired) electrons. The van der Waals surface area contributed by atoms with Gasteiger partial charge in [-0.25, -0.2) is 0 Å². The number of amides is 1. The van der Waals surface area contributed by atoms with Crippen LogP contribution >= 0.6 is 0 Å². The van der Waals surface area contributed by atoms with Gasteiger partial charge in [0.05, 0.1) is 6.04 Å². The Bertz CT molecular complexity index is 1720. The van der Waals surface area contributed by atoms with E-state index in [-0.39, 0.29) is 11.9 Å². The van der Waals surface area contributed by atoms with E-state index in [2.05, 4.69) is 58.4 Å². The molecule has 1 unspecified atom stereocenters. The van der Waals surface area contributed by atoms with Crippen molar-refractivity contribution in [2.24, 2.45) is 0 Å². The molecule has 3 aromatic heterocycles. The molecule has 1 atom stereocenters. The van der Waals surface area contributed by atoms with Gasteiger partial charge in [-0.05, 0) is 52.2 Å². The number of benzene rings is 3. The molecule has 3 N–H and O–H groups in total. The Hall–Kier alpha value is -5.19. The summed E-state index contributed by atoms with van der Waals surface area (Å²) in [4.78, 5) is 19.6. The normalized spacial score (nSPS) is 15.1. The smallest absolute Gasteiger partial charge is 0.254 e. The van der Waals surface area contributed by atoms with Crippen molar-refractivity contribution < 1.29 is 4.79 Å². The van der Waals surface area contributed by atoms with E-state index in [9.17, 15) is 4.79 Å². The fraction of sp³-hybridized carbons (Fsp3) is 0.115. The van der Waals surface area contributed by atoms with E-state index in [1.54, 1.807) is 6.07 Å². The Balaban J connectivity index is 1.36. The Morgan fingerprint density at radius 2 is 1.57 bits per heavy atom. The van der Waals surface area contributed by atoms with Crippen molar-refractivity contribution in [1.82, 2.24) is 51.1 Å². The van der Waals surface area contributed by atoms with Crippen LogP contribution in [-0.4, -0.2) is 63.6 Å². The molecular formula is C26H20N10O. The lowest BCUT2D eigenvalue weighted by atomic mass is 9.90. The molecule has 0 fully saturated rings. The van der Waals surface area contributed by atoms with Crippen LogP contribution in [-0.2, 0) is 6.42 Å². The largest absolute Gasteiger partial charge is 0.356 e. The van der Waals surface area contributed by atoms with Crippen LogP contribution in [0.2, 0.25) is 0 Å². The number of rotatable bonds is 4. The average Bonchev–Trinajstić information content (AvgIpc) is 3.73. The number of hydrogen-bond donors (Lipinski definition) is 3. The van der Waals surface area contributed by atoms with Gasteiger partial charge in [0.15, 0.2) is 0 Å². The molecule has 11 nitrogen and oxygen atoms in total. The maximum atomic E-state index is 14.1. The summed E-state index contributed by atoms with van der Waals surface area (Å²) in [7, 11) is 0. The van der Waals surface area contributed by atoms with Gasteiger partial charge in [-0.1, -0.05) is 48.5 Å². The second kappa shape index (κ2) is 8.48. The van der Waals surface area contributed by atoms with Crippen LogP contribution in [0.4, 0.5) is 0 Å². The summed E-state index contributed by atoms with van der Waals surface area (Å²) >= 11 is 0. The fourth-order valence-corrected chi connectivity index (χ4v) is 5.18. The van der Waals surface area contributed by atoms with E-state index in [1.165, 1.54) is 10.9 Å². The lowest BCUT2D eigenvalue weighted by Crippen LogP contribution is -2.40. The first-order chi connectivity index (χ1) is 18.3. The number of H-pyrrole nitrogens is 3. The molecule has 0 saturated carbocycles. The van der Waals surface area contributed by atoms with Crippen LogP contribution in [0.5, 0.6) is 0 Å². The number of nitrogens with one attached hydrogen (secondary N) is 3. The zero-order valence-corrected chi connectivity index (χ0v) is 19.5. The predicted octanol–water partition coefficient (Wildman–Crippen LogP) is 3.32. The molecule has 7 rings (SSSR count). The SMILES string of the molecule is O=C(c1cccc(-c2nn[nH]n2)c1)N1CCc2c([nH]c3ccccc23)C1c1cccc(-c2nn[nH]n2)c1. The number of aromatic nitrogens is 9. The minimum atomic E-state index is -0.329. The first-order valence-corrected chi connectivity index (χ1v) is 11.8. The molecule has 0 saturated heterocycles. The predicted molar refractivity (Wildman–Crippen MR) is 134 cm³/mol. The molecule has 4 heterocycles. The molecule has 1 amide bonds. The highest BCUT2D eigenvalue weighted by Gasteiger charge is 2.35. The number of carbonyl (C=O) groups excluding carboxylic acids is 1. The lowest BCUT2D eigenvalue weighted by Gasteiger charge is -2.36. The maximum Gasteiger partial charge on any atom is 0.254 e. The highest BCUT2D eigenvalue weighted by Crippen LogP contribution is 2.40. The Morgan fingerprint density at radius 3 is 2.32 bits per heavy atom. The monoisotopic (exact) mass is 488 g/mol. The number of nitrogens with zero attached hydrogens (tertiary/aromatic N) is 7. The van der Waals surface area contributed by atoms with Crippen LogP contribution in [0.1, 0.15) is 33.2 Å². The van der Waals surface area contributed by atoms with Crippen molar-refractivity contribution in [2.75, 3.05) is 6.54 Å². The third kappa shape index (κ3) is 3.56. The van der Waals surface area contributed by atoms with Gasteiger partial charge < -0.3 is 9.88 Å². The Kier molecular flexibility index (Phi) is 4.84. The number of fused-ring (bicyclic) bond motifs is 3. The number of para-hydroxylation sites is 1. The molecule has 0 bridgehead atoms. The van der Waals surface area contributed by atoms with Gasteiger partial charge in [0.1, 0.15) is 0 Å². The number of tetrazole rings is 2. The molecule has 180 valence electrons. The first-order valence-electron chi connectivity index (χ1n) is 11.8. The van der Waals surface area contributed by atoms with Crippen molar-refractivity contribution in [1.29, 1.82) is 0 Å². The molecule has 6 aromatic rings. The maximum absolute atomic E-state index is 14.1. The van der Waals surface area contributed by atoms with E-state index >= 15 is 0 Å². The van der Waals surface area contributed by atoms with Crippen molar-refractivity contribution in [3.63, 3.8) is 0 Å². The summed E-state index contributed by atoms with van der Waals surface area (Å²) in [6.07, 6.45) is 0.747. The molecule has 3 aromatic carbocycles. The van der Waals surface area contributed by atoms with E-state index in [0.717, 1.165) is 34.3 Å². The second-order valence-electron chi connectivity index (χ2n) is 8.89. The zero-order valence-electron chi connectivity index (χ0n) is 19.5. The van der Waals surface area contributed by atoms with Gasteiger partial charge in [-0.2, -0.15) is 10.4 Å². The number of hydrogen-bond acceptors (Lipinski definition) is 7. The summed E-state index contributed by atoms with van der Waals surface area (Å²) < 4.78 is 0. The fourth-order valence-electron chi connectivity index (χ4n) is 5.18. The van der Waals surface area contributed by atoms with Gasteiger partial charge in [-0.15, -0.1) is 20.4 Å². The standard InChI is InChI=1S/C26H20N10O/c37-26(18-8-4-7-17(14-18)25-30-34-35-31-25)36-12-11-20-19-9-1-2-10-21(19)27-22(20)23(36)15-5-3-6-16(13-15)24-28-32-33-29-24/h1-10,13-14,23,27H,11-12H2,(H,28,29,32,33)(H,30,31,34,35). The molecule has 0 spiro atoms. The highest BCUT2D eigenvalue weighted by molar-refractivity contribution is 5.96. The van der Waals surface area contributed by atoms with E-state index in [1.807, 2.05) is 59.5 Å². The van der Waals surface area contributed by atoms with Gasteiger partial charge in [-0.3, -0.25) is 4.79 Å². The Labute approximate surface area is 209 Å². The summed E-state index contributed by atoms with van der Waals surface area (Å²) in [6.45, 7) is 0.567. The Morgan fingerprint density at radius 1 is 0.838 bits per heavy atom. The van der Waals surface area contributed by atoms with Gasteiger partial charge in [0.25, 0.3) is 5.91 Å². The van der Waals surface area contributed by atoms with Crippen molar-refractivity contribution in [2.45, 2.75) is 12.5 Å². The molecular weight excluding hydrogens is 468 g/mol. The van der Waals surface area contributed by atoms with Crippen molar-refractivity contribution >= 4 is 16.8 Å². The third-order valence-corrected chi connectivity index (χ3v) is 6.81. The van der Waals surface area contributed by atoms with Gasteiger partial charge in [0, 0.05) is 39.8 Å². The van der Waals surface area contributed by atoms with Crippen LogP contribution in [0.15, 0.2) is 72.8 Å². The van der Waals surface area contributed by atoms with E-state index in [0.29, 0.717) is 23.8 Å². The highest BCUT2D eigenvalue weighted by atomic mass is 16.2. The van der Waals surface area contributed by atoms with Crippen LogP contribution in [0.3, 0.4) is 0 Å². The van der Waals surface area contributed by atoms with Gasteiger partial charge >= 0.3 is 0 Å². The van der Waals surface area contributed by atoms with E-state index < -0.39 is 0 Å². The third-order valence-electron chi connectivity index (χ3n) is 6.81. The van der Waals surface area contributed by atoms with Crippen LogP contribution in [0.25, 0.3) is 33.7 Å².